The number of ether oxygens (including phenoxy) is 1. The van der Waals surface area contributed by atoms with Gasteiger partial charge in [-0.25, -0.2) is 9.97 Å². The van der Waals surface area contributed by atoms with Gasteiger partial charge in [-0.15, -0.1) is 0 Å². The first kappa shape index (κ1) is 10.6. The van der Waals surface area contributed by atoms with Crippen molar-refractivity contribution in [2.75, 3.05) is 19.7 Å². The van der Waals surface area contributed by atoms with Crippen molar-refractivity contribution < 1.29 is 4.74 Å². The van der Waals surface area contributed by atoms with Gasteiger partial charge in [0.25, 0.3) is 0 Å². The number of rotatable bonds is 3. The summed E-state index contributed by atoms with van der Waals surface area (Å²) in [7, 11) is 0. The molecule has 0 aliphatic carbocycles. The van der Waals surface area contributed by atoms with E-state index >= 15 is 0 Å². The highest BCUT2D eigenvalue weighted by Gasteiger charge is 2.13. The van der Waals surface area contributed by atoms with Gasteiger partial charge >= 0.3 is 6.01 Å². The number of hydrogen-bond acceptors (Lipinski definition) is 4. The summed E-state index contributed by atoms with van der Waals surface area (Å²) in [6.07, 6.45) is 5.42. The van der Waals surface area contributed by atoms with Crippen molar-refractivity contribution in [1.82, 2.24) is 15.3 Å². The predicted molar refractivity (Wildman–Crippen MR) is 58.1 cm³/mol. The lowest BCUT2D eigenvalue weighted by atomic mass is 9.99. The van der Waals surface area contributed by atoms with Crippen LogP contribution >= 0.6 is 11.6 Å². The quantitative estimate of drug-likeness (QED) is 0.851. The molecule has 1 aliphatic heterocycles. The molecule has 1 fully saturated rings. The molecule has 2 rings (SSSR count). The second-order valence-electron chi connectivity index (χ2n) is 3.69. The van der Waals surface area contributed by atoms with Crippen LogP contribution in [-0.4, -0.2) is 29.7 Å². The van der Waals surface area contributed by atoms with Gasteiger partial charge < -0.3 is 10.1 Å². The summed E-state index contributed by atoms with van der Waals surface area (Å²) in [5.74, 6) is 0.616. The summed E-state index contributed by atoms with van der Waals surface area (Å²) in [4.78, 5) is 7.96. The molecule has 1 aliphatic rings. The zero-order valence-electron chi connectivity index (χ0n) is 8.45. The highest BCUT2D eigenvalue weighted by Crippen LogP contribution is 2.13. The van der Waals surface area contributed by atoms with Crippen molar-refractivity contribution in [1.29, 1.82) is 0 Å². The summed E-state index contributed by atoms with van der Waals surface area (Å²) in [5.41, 5.74) is 0. The average Bonchev–Trinajstić information content (AvgIpc) is 2.30. The van der Waals surface area contributed by atoms with Gasteiger partial charge in [0.1, 0.15) is 0 Å². The number of aromatic nitrogens is 2. The van der Waals surface area contributed by atoms with Gasteiger partial charge in [0, 0.05) is 0 Å². The maximum atomic E-state index is 5.67. The Bertz CT molecular complexity index is 298. The van der Waals surface area contributed by atoms with Crippen LogP contribution in [-0.2, 0) is 0 Å². The summed E-state index contributed by atoms with van der Waals surface area (Å²) >= 11 is 5.67. The fourth-order valence-corrected chi connectivity index (χ4v) is 1.71. The van der Waals surface area contributed by atoms with E-state index in [2.05, 4.69) is 15.3 Å². The molecular formula is C10H14ClN3O. The van der Waals surface area contributed by atoms with Crippen molar-refractivity contribution in [3.8, 4) is 6.01 Å². The molecule has 0 saturated carbocycles. The van der Waals surface area contributed by atoms with E-state index in [9.17, 15) is 0 Å². The topological polar surface area (TPSA) is 47.0 Å². The minimum atomic E-state index is 0.415. The van der Waals surface area contributed by atoms with E-state index in [1.807, 2.05) is 0 Å². The minimum absolute atomic E-state index is 0.415. The van der Waals surface area contributed by atoms with Crippen molar-refractivity contribution in [3.05, 3.63) is 17.4 Å². The van der Waals surface area contributed by atoms with E-state index in [4.69, 9.17) is 16.3 Å². The van der Waals surface area contributed by atoms with Crippen LogP contribution in [0.2, 0.25) is 5.02 Å². The van der Waals surface area contributed by atoms with Crippen molar-refractivity contribution in [2.24, 2.45) is 5.92 Å². The molecule has 15 heavy (non-hydrogen) atoms. The van der Waals surface area contributed by atoms with E-state index < -0.39 is 0 Å². The predicted octanol–water partition coefficient (Wildman–Crippen LogP) is 1.51. The zero-order chi connectivity index (χ0) is 10.5. The third-order valence-electron chi connectivity index (χ3n) is 2.50. The molecule has 1 N–H and O–H groups in total. The van der Waals surface area contributed by atoms with E-state index in [-0.39, 0.29) is 0 Å². The van der Waals surface area contributed by atoms with Crippen LogP contribution in [0.4, 0.5) is 0 Å². The molecule has 1 aromatic heterocycles. The van der Waals surface area contributed by atoms with Crippen molar-refractivity contribution in [2.45, 2.75) is 12.8 Å². The fraction of sp³-hybridized carbons (Fsp3) is 0.600. The standard InChI is InChI=1S/C10H14ClN3O/c11-9-5-13-10(14-6-9)15-7-8-1-3-12-4-2-8/h5-6,8,12H,1-4,7H2. The molecule has 5 heteroatoms. The van der Waals surface area contributed by atoms with Gasteiger partial charge in [-0.1, -0.05) is 11.6 Å². The highest BCUT2D eigenvalue weighted by atomic mass is 35.5. The highest BCUT2D eigenvalue weighted by molar-refractivity contribution is 6.30. The molecule has 1 saturated heterocycles. The Morgan fingerprint density at radius 1 is 1.33 bits per heavy atom. The maximum absolute atomic E-state index is 5.67. The fourth-order valence-electron chi connectivity index (χ4n) is 1.62. The number of nitrogens with one attached hydrogen (secondary N) is 1. The van der Waals surface area contributed by atoms with Crippen molar-refractivity contribution >= 4 is 11.6 Å². The van der Waals surface area contributed by atoms with Gasteiger partial charge in [0.2, 0.25) is 0 Å². The Labute approximate surface area is 94.0 Å². The molecule has 0 aromatic carbocycles. The molecule has 0 spiro atoms. The SMILES string of the molecule is Clc1cnc(OCC2CCNCC2)nc1. The Morgan fingerprint density at radius 2 is 2.00 bits per heavy atom. The summed E-state index contributed by atoms with van der Waals surface area (Å²) in [6.45, 7) is 2.86. The summed E-state index contributed by atoms with van der Waals surface area (Å²) in [5, 5.41) is 3.85. The van der Waals surface area contributed by atoms with E-state index in [0.29, 0.717) is 23.6 Å². The van der Waals surface area contributed by atoms with Gasteiger partial charge in [-0.3, -0.25) is 0 Å². The van der Waals surface area contributed by atoms with Gasteiger partial charge in [0.05, 0.1) is 24.0 Å². The lowest BCUT2D eigenvalue weighted by molar-refractivity contribution is 0.202. The molecular weight excluding hydrogens is 214 g/mol. The molecule has 0 unspecified atom stereocenters. The van der Waals surface area contributed by atoms with Gasteiger partial charge in [-0.2, -0.15) is 0 Å². The summed E-state index contributed by atoms with van der Waals surface area (Å²) in [6, 6.07) is 0.415. The van der Waals surface area contributed by atoms with Crippen LogP contribution in [0, 0.1) is 5.92 Å². The molecule has 2 heterocycles. The number of halogens is 1. The first-order valence-corrected chi connectivity index (χ1v) is 5.53. The molecule has 0 amide bonds. The van der Waals surface area contributed by atoms with E-state index in [1.54, 1.807) is 12.4 Å². The largest absolute Gasteiger partial charge is 0.463 e. The van der Waals surface area contributed by atoms with Gasteiger partial charge in [0.15, 0.2) is 0 Å². The lowest BCUT2D eigenvalue weighted by Gasteiger charge is -2.21. The minimum Gasteiger partial charge on any atom is -0.463 e. The van der Waals surface area contributed by atoms with Crippen LogP contribution in [0.25, 0.3) is 0 Å². The second kappa shape index (κ2) is 5.28. The average molecular weight is 228 g/mol. The zero-order valence-corrected chi connectivity index (χ0v) is 9.20. The van der Waals surface area contributed by atoms with Crippen LogP contribution in [0.5, 0.6) is 6.01 Å². The molecule has 82 valence electrons. The maximum Gasteiger partial charge on any atom is 0.316 e. The lowest BCUT2D eigenvalue weighted by Crippen LogP contribution is -2.30. The first-order chi connectivity index (χ1) is 7.34. The Balaban J connectivity index is 1.79. The number of nitrogens with zero attached hydrogens (tertiary/aromatic N) is 2. The van der Waals surface area contributed by atoms with E-state index in [1.165, 1.54) is 0 Å². The Morgan fingerprint density at radius 3 is 2.67 bits per heavy atom. The third kappa shape index (κ3) is 3.32. The smallest absolute Gasteiger partial charge is 0.316 e. The number of hydrogen-bond donors (Lipinski definition) is 1. The van der Waals surface area contributed by atoms with Crippen LogP contribution in [0.3, 0.4) is 0 Å². The molecule has 0 atom stereocenters. The second-order valence-corrected chi connectivity index (χ2v) is 4.12. The Kier molecular flexibility index (Phi) is 3.75. The van der Waals surface area contributed by atoms with Gasteiger partial charge in [-0.05, 0) is 31.8 Å². The summed E-state index contributed by atoms with van der Waals surface area (Å²) < 4.78 is 5.49. The first-order valence-electron chi connectivity index (χ1n) is 5.15. The third-order valence-corrected chi connectivity index (χ3v) is 2.70. The Hall–Kier alpha value is -0.870. The van der Waals surface area contributed by atoms with Crippen LogP contribution in [0.15, 0.2) is 12.4 Å². The monoisotopic (exact) mass is 227 g/mol. The van der Waals surface area contributed by atoms with Crippen LogP contribution < -0.4 is 10.1 Å². The molecule has 0 radical (unpaired) electrons. The molecule has 4 nitrogen and oxygen atoms in total. The van der Waals surface area contributed by atoms with Crippen LogP contribution in [0.1, 0.15) is 12.8 Å². The number of piperidine rings is 1. The van der Waals surface area contributed by atoms with Crippen molar-refractivity contribution in [3.63, 3.8) is 0 Å². The normalized spacial score (nSPS) is 17.7. The molecule has 1 aromatic rings. The van der Waals surface area contributed by atoms with E-state index in [0.717, 1.165) is 25.9 Å². The molecule has 0 bridgehead atoms.